The van der Waals surface area contributed by atoms with Gasteiger partial charge < -0.3 is 25.2 Å². The third-order valence-corrected chi connectivity index (χ3v) is 5.53. The summed E-state index contributed by atoms with van der Waals surface area (Å²) in [7, 11) is 0. The minimum atomic E-state index is 0.651. The molecule has 0 aromatic carbocycles. The van der Waals surface area contributed by atoms with Crippen molar-refractivity contribution in [1.29, 1.82) is 0 Å². The fourth-order valence-electron chi connectivity index (χ4n) is 3.45. The van der Waals surface area contributed by atoms with Crippen LogP contribution in [0.25, 0.3) is 0 Å². The highest BCUT2D eigenvalue weighted by Crippen LogP contribution is 2.28. The van der Waals surface area contributed by atoms with Gasteiger partial charge in [-0.25, -0.2) is 9.98 Å². The zero-order valence-corrected chi connectivity index (χ0v) is 18.2. The fourth-order valence-corrected chi connectivity index (χ4v) is 3.45. The molecule has 1 aliphatic heterocycles. The zero-order chi connectivity index (χ0) is 20.3. The van der Waals surface area contributed by atoms with Gasteiger partial charge in [0, 0.05) is 58.7 Å². The predicted octanol–water partition coefficient (Wildman–Crippen LogP) is 2.10. The molecule has 2 heterocycles. The minimum absolute atomic E-state index is 0.651. The van der Waals surface area contributed by atoms with Gasteiger partial charge in [0.2, 0.25) is 0 Å². The molecule has 29 heavy (non-hydrogen) atoms. The summed E-state index contributed by atoms with van der Waals surface area (Å²) in [6.07, 6.45) is 5.60. The summed E-state index contributed by atoms with van der Waals surface area (Å²) in [5.41, 5.74) is 1.19. The van der Waals surface area contributed by atoms with E-state index in [9.17, 15) is 0 Å². The molecule has 0 radical (unpaired) electrons. The third-order valence-electron chi connectivity index (χ3n) is 5.53. The number of piperazine rings is 1. The highest BCUT2D eigenvalue weighted by molar-refractivity contribution is 5.79. The van der Waals surface area contributed by atoms with Crippen LogP contribution in [0.5, 0.6) is 0 Å². The van der Waals surface area contributed by atoms with Crippen LogP contribution in [0, 0.1) is 5.92 Å². The van der Waals surface area contributed by atoms with Crippen LogP contribution in [0.1, 0.15) is 38.7 Å². The monoisotopic (exact) mass is 402 g/mol. The lowest BCUT2D eigenvalue weighted by molar-refractivity contribution is 0.123. The first-order valence-corrected chi connectivity index (χ1v) is 11.3. The normalized spacial score (nSPS) is 18.1. The maximum Gasteiger partial charge on any atom is 0.191 e. The topological polar surface area (TPSA) is 65.0 Å². The van der Waals surface area contributed by atoms with Gasteiger partial charge in [0.25, 0.3) is 0 Å². The van der Waals surface area contributed by atoms with Crippen molar-refractivity contribution >= 4 is 11.8 Å². The van der Waals surface area contributed by atoms with Crippen molar-refractivity contribution in [2.24, 2.45) is 10.9 Å². The van der Waals surface area contributed by atoms with Gasteiger partial charge in [0.05, 0.1) is 6.54 Å². The van der Waals surface area contributed by atoms with E-state index >= 15 is 0 Å². The summed E-state index contributed by atoms with van der Waals surface area (Å²) < 4.78 is 5.70. The Morgan fingerprint density at radius 3 is 2.76 bits per heavy atom. The van der Waals surface area contributed by atoms with Gasteiger partial charge in [-0.2, -0.15) is 0 Å². The lowest BCUT2D eigenvalue weighted by atomic mass is 10.2. The molecule has 1 aromatic heterocycles. The maximum atomic E-state index is 5.70. The first-order valence-electron chi connectivity index (χ1n) is 11.3. The molecule has 2 fully saturated rings. The zero-order valence-electron chi connectivity index (χ0n) is 18.2. The maximum absolute atomic E-state index is 5.70. The highest BCUT2D eigenvalue weighted by atomic mass is 16.5. The molecule has 0 unspecified atom stereocenters. The van der Waals surface area contributed by atoms with Gasteiger partial charge in [-0.1, -0.05) is 6.92 Å². The molecule has 0 spiro atoms. The van der Waals surface area contributed by atoms with Crippen LogP contribution in [0.2, 0.25) is 0 Å². The van der Waals surface area contributed by atoms with Crippen LogP contribution in [0.4, 0.5) is 5.82 Å². The molecule has 2 N–H and O–H groups in total. The first-order chi connectivity index (χ1) is 14.3. The van der Waals surface area contributed by atoms with Gasteiger partial charge in [-0.05, 0) is 56.3 Å². The average molecular weight is 403 g/mol. The Labute approximate surface area is 175 Å². The van der Waals surface area contributed by atoms with E-state index in [0.29, 0.717) is 6.54 Å². The molecule has 3 rings (SSSR count). The van der Waals surface area contributed by atoms with E-state index in [0.717, 1.165) is 83.1 Å². The Morgan fingerprint density at radius 1 is 1.21 bits per heavy atom. The van der Waals surface area contributed by atoms with Crippen molar-refractivity contribution in [1.82, 2.24) is 20.5 Å². The summed E-state index contributed by atoms with van der Waals surface area (Å²) in [5, 5.41) is 6.74. The standard InChI is InChI=1S/C22H38N6O/c1-3-23-22(25-9-5-15-29-18-19-6-7-19)26-17-20-8-10-24-21(16-20)28-13-11-27(4-2)12-14-28/h8,10,16,19H,3-7,9,11-15,17-18H2,1-2H3,(H2,23,25,26). The number of nitrogens with one attached hydrogen (secondary N) is 2. The number of hydrogen-bond acceptors (Lipinski definition) is 5. The number of aliphatic imine (C=N–C) groups is 1. The lowest BCUT2D eigenvalue weighted by Crippen LogP contribution is -2.46. The Bertz CT molecular complexity index is 625. The molecule has 7 heteroatoms. The van der Waals surface area contributed by atoms with Crippen molar-refractivity contribution < 1.29 is 4.74 Å². The second-order valence-corrected chi connectivity index (χ2v) is 7.94. The van der Waals surface area contributed by atoms with Crippen molar-refractivity contribution in [3.8, 4) is 0 Å². The number of pyridine rings is 1. The quantitative estimate of drug-likeness (QED) is 0.336. The van der Waals surface area contributed by atoms with Crippen molar-refractivity contribution in [2.45, 2.75) is 39.7 Å². The largest absolute Gasteiger partial charge is 0.381 e. The smallest absolute Gasteiger partial charge is 0.191 e. The number of aromatic nitrogens is 1. The van der Waals surface area contributed by atoms with Crippen LogP contribution < -0.4 is 15.5 Å². The van der Waals surface area contributed by atoms with Gasteiger partial charge >= 0.3 is 0 Å². The molecule has 162 valence electrons. The molecule has 0 amide bonds. The number of guanidine groups is 1. The second kappa shape index (κ2) is 12.0. The average Bonchev–Trinajstić information content (AvgIpc) is 3.59. The van der Waals surface area contributed by atoms with Gasteiger partial charge in [0.1, 0.15) is 5.82 Å². The number of ether oxygens (including phenoxy) is 1. The van der Waals surface area contributed by atoms with E-state index in [2.05, 4.69) is 51.4 Å². The molecule has 1 aromatic rings. The van der Waals surface area contributed by atoms with Crippen molar-refractivity contribution in [3.05, 3.63) is 23.9 Å². The van der Waals surface area contributed by atoms with E-state index in [1.54, 1.807) is 0 Å². The van der Waals surface area contributed by atoms with Crippen molar-refractivity contribution in [2.75, 3.05) is 63.9 Å². The molecule has 0 atom stereocenters. The second-order valence-electron chi connectivity index (χ2n) is 7.94. The molecule has 7 nitrogen and oxygen atoms in total. The summed E-state index contributed by atoms with van der Waals surface area (Å²) in [5.74, 6) is 2.77. The Balaban J connectivity index is 1.44. The van der Waals surface area contributed by atoms with Crippen LogP contribution in [-0.2, 0) is 11.3 Å². The number of nitrogens with zero attached hydrogens (tertiary/aromatic N) is 4. The van der Waals surface area contributed by atoms with E-state index in [-0.39, 0.29) is 0 Å². The Hall–Kier alpha value is -1.86. The van der Waals surface area contributed by atoms with Gasteiger partial charge in [-0.3, -0.25) is 0 Å². The highest BCUT2D eigenvalue weighted by Gasteiger charge is 2.20. The molecular formula is C22H38N6O. The fraction of sp³-hybridized carbons (Fsp3) is 0.727. The van der Waals surface area contributed by atoms with E-state index in [1.165, 1.54) is 18.4 Å². The number of rotatable bonds is 11. The molecule has 1 saturated heterocycles. The molecule has 2 aliphatic rings. The molecule has 1 saturated carbocycles. The van der Waals surface area contributed by atoms with E-state index in [4.69, 9.17) is 9.73 Å². The SMILES string of the molecule is CCNC(=NCc1ccnc(N2CCN(CC)CC2)c1)NCCCOCC1CC1. The van der Waals surface area contributed by atoms with Crippen LogP contribution >= 0.6 is 0 Å². The van der Waals surface area contributed by atoms with Crippen LogP contribution in [0.15, 0.2) is 23.3 Å². The summed E-state index contributed by atoms with van der Waals surface area (Å²) in [4.78, 5) is 14.2. The molecule has 0 bridgehead atoms. The van der Waals surface area contributed by atoms with E-state index < -0.39 is 0 Å². The Kier molecular flexibility index (Phi) is 9.02. The van der Waals surface area contributed by atoms with E-state index in [1.807, 2.05) is 6.20 Å². The lowest BCUT2D eigenvalue weighted by Gasteiger charge is -2.34. The van der Waals surface area contributed by atoms with Crippen LogP contribution in [0.3, 0.4) is 0 Å². The summed E-state index contributed by atoms with van der Waals surface area (Å²) in [6, 6.07) is 4.24. The minimum Gasteiger partial charge on any atom is -0.381 e. The van der Waals surface area contributed by atoms with Gasteiger partial charge in [-0.15, -0.1) is 0 Å². The summed E-state index contributed by atoms with van der Waals surface area (Å²) in [6.45, 7) is 13.9. The van der Waals surface area contributed by atoms with Crippen molar-refractivity contribution in [3.63, 3.8) is 0 Å². The first kappa shape index (κ1) is 21.8. The Morgan fingerprint density at radius 2 is 2.03 bits per heavy atom. The number of anilines is 1. The number of likely N-dealkylation sites (N-methyl/N-ethyl adjacent to an activating group) is 1. The molecule has 1 aliphatic carbocycles. The predicted molar refractivity (Wildman–Crippen MR) is 120 cm³/mol. The summed E-state index contributed by atoms with van der Waals surface area (Å²) >= 11 is 0. The number of hydrogen-bond donors (Lipinski definition) is 2. The molecular weight excluding hydrogens is 364 g/mol. The van der Waals surface area contributed by atoms with Gasteiger partial charge in [0.15, 0.2) is 5.96 Å². The van der Waals surface area contributed by atoms with Crippen LogP contribution in [-0.4, -0.2) is 74.9 Å². The third kappa shape index (κ3) is 7.82.